The van der Waals surface area contributed by atoms with E-state index in [1.54, 1.807) is 12.1 Å². The minimum atomic E-state index is -0.608. The molecule has 1 fully saturated rings. The third-order valence-corrected chi connectivity index (χ3v) is 5.71. The van der Waals surface area contributed by atoms with Gasteiger partial charge in [0.05, 0.1) is 15.6 Å². The van der Waals surface area contributed by atoms with E-state index in [0.717, 1.165) is 37.2 Å². The van der Waals surface area contributed by atoms with E-state index in [-0.39, 0.29) is 0 Å². The number of halogens is 3. The lowest BCUT2D eigenvalue weighted by atomic mass is 9.78. The largest absolute Gasteiger partial charge is 0.389 e. The second-order valence-corrected chi connectivity index (χ2v) is 7.19. The van der Waals surface area contributed by atoms with Crippen molar-refractivity contribution in [1.29, 1.82) is 0 Å². The molecule has 0 heterocycles. The van der Waals surface area contributed by atoms with Crippen LogP contribution in [-0.2, 0) is 6.54 Å². The van der Waals surface area contributed by atoms with Gasteiger partial charge in [0.1, 0.15) is 0 Å². The summed E-state index contributed by atoms with van der Waals surface area (Å²) in [6, 6.07) is 3.43. The summed E-state index contributed by atoms with van der Waals surface area (Å²) < 4.78 is 0. The van der Waals surface area contributed by atoms with Crippen LogP contribution < -0.4 is 5.32 Å². The molecule has 2 N–H and O–H groups in total. The van der Waals surface area contributed by atoms with E-state index in [0.29, 0.717) is 28.2 Å². The van der Waals surface area contributed by atoms with E-state index in [1.165, 1.54) is 6.42 Å². The first-order valence-corrected chi connectivity index (χ1v) is 8.64. The fourth-order valence-corrected chi connectivity index (χ4v) is 3.63. The molecule has 0 saturated heterocycles. The Morgan fingerprint density at radius 2 is 1.81 bits per heavy atom. The summed E-state index contributed by atoms with van der Waals surface area (Å²) in [5.41, 5.74) is 0.181. The Morgan fingerprint density at radius 1 is 1.19 bits per heavy atom. The molecule has 0 unspecified atom stereocenters. The van der Waals surface area contributed by atoms with Crippen LogP contribution in [0.5, 0.6) is 0 Å². The fraction of sp³-hybridized carbons (Fsp3) is 0.625. The topological polar surface area (TPSA) is 32.3 Å². The molecule has 2 nitrogen and oxygen atoms in total. The molecule has 0 amide bonds. The van der Waals surface area contributed by atoms with Gasteiger partial charge in [0.25, 0.3) is 0 Å². The van der Waals surface area contributed by atoms with E-state index in [4.69, 9.17) is 34.8 Å². The Morgan fingerprint density at radius 3 is 2.43 bits per heavy atom. The van der Waals surface area contributed by atoms with Gasteiger partial charge >= 0.3 is 0 Å². The maximum Gasteiger partial charge on any atom is 0.0771 e. The van der Waals surface area contributed by atoms with Gasteiger partial charge in [-0.1, -0.05) is 48.1 Å². The second-order valence-electron chi connectivity index (χ2n) is 6.00. The molecule has 0 spiro atoms. The first-order valence-electron chi connectivity index (χ1n) is 7.50. The molecule has 5 heteroatoms. The van der Waals surface area contributed by atoms with E-state index in [2.05, 4.69) is 12.2 Å². The lowest BCUT2D eigenvalue weighted by molar-refractivity contribution is -0.00880. The summed E-state index contributed by atoms with van der Waals surface area (Å²) in [6.45, 7) is 3.29. The Kier molecular flexibility index (Phi) is 6.22. The number of benzene rings is 1. The Balaban J connectivity index is 1.89. The molecule has 1 aliphatic rings. The van der Waals surface area contributed by atoms with Gasteiger partial charge in [0.2, 0.25) is 0 Å². The van der Waals surface area contributed by atoms with Crippen LogP contribution in [0, 0.1) is 5.92 Å². The molecule has 2 rings (SSSR count). The lowest BCUT2D eigenvalue weighted by Gasteiger charge is -2.36. The maximum atomic E-state index is 10.6. The SMILES string of the molecule is CCC1CCC(O)(CNCc2c(Cl)ccc(Cl)c2Cl)CC1. The standard InChI is InChI=1S/C16H22Cl3NO/c1-2-11-5-7-16(21,8-6-11)10-20-9-12-13(17)3-4-14(18)15(12)19/h3-4,11,20-21H,2,5-10H2,1H3. The molecule has 0 aromatic heterocycles. The number of nitrogens with one attached hydrogen (secondary N) is 1. The summed E-state index contributed by atoms with van der Waals surface area (Å²) in [7, 11) is 0. The van der Waals surface area contributed by atoms with Gasteiger partial charge in [-0.3, -0.25) is 0 Å². The summed E-state index contributed by atoms with van der Waals surface area (Å²) in [5, 5.41) is 15.5. The zero-order valence-electron chi connectivity index (χ0n) is 12.3. The molecule has 0 atom stereocenters. The summed E-state index contributed by atoms with van der Waals surface area (Å²) in [5.74, 6) is 0.766. The summed E-state index contributed by atoms with van der Waals surface area (Å²) in [4.78, 5) is 0. The van der Waals surface area contributed by atoms with Crippen molar-refractivity contribution in [3.8, 4) is 0 Å². The van der Waals surface area contributed by atoms with Gasteiger partial charge in [-0.2, -0.15) is 0 Å². The number of hydrogen-bond donors (Lipinski definition) is 2. The van der Waals surface area contributed by atoms with E-state index in [1.807, 2.05) is 0 Å². The van der Waals surface area contributed by atoms with Crippen molar-refractivity contribution >= 4 is 34.8 Å². The lowest BCUT2D eigenvalue weighted by Crippen LogP contribution is -2.43. The smallest absolute Gasteiger partial charge is 0.0771 e. The van der Waals surface area contributed by atoms with Crippen molar-refractivity contribution in [2.75, 3.05) is 6.54 Å². The van der Waals surface area contributed by atoms with Crippen LogP contribution in [-0.4, -0.2) is 17.3 Å². The average Bonchev–Trinajstić information content (AvgIpc) is 2.48. The van der Waals surface area contributed by atoms with Gasteiger partial charge in [0, 0.05) is 23.7 Å². The zero-order chi connectivity index (χ0) is 15.5. The monoisotopic (exact) mass is 349 g/mol. The minimum absolute atomic E-state index is 0.485. The Bertz CT molecular complexity index is 485. The van der Waals surface area contributed by atoms with Crippen LogP contribution in [0.15, 0.2) is 12.1 Å². The van der Waals surface area contributed by atoms with Crippen molar-refractivity contribution in [2.45, 2.75) is 51.2 Å². The maximum absolute atomic E-state index is 10.6. The number of aliphatic hydroxyl groups is 1. The van der Waals surface area contributed by atoms with Crippen molar-refractivity contribution in [3.05, 3.63) is 32.8 Å². The van der Waals surface area contributed by atoms with Crippen molar-refractivity contribution in [3.63, 3.8) is 0 Å². The van der Waals surface area contributed by atoms with Crippen LogP contribution in [0.25, 0.3) is 0 Å². The predicted octanol–water partition coefficient (Wildman–Crippen LogP) is 5.07. The molecule has 118 valence electrons. The molecule has 0 bridgehead atoms. The molecule has 0 aliphatic heterocycles. The third kappa shape index (κ3) is 4.49. The predicted molar refractivity (Wildman–Crippen MR) is 90.4 cm³/mol. The van der Waals surface area contributed by atoms with Crippen molar-refractivity contribution in [1.82, 2.24) is 5.32 Å². The van der Waals surface area contributed by atoms with Crippen LogP contribution in [0.2, 0.25) is 15.1 Å². The van der Waals surface area contributed by atoms with Crippen molar-refractivity contribution < 1.29 is 5.11 Å². The van der Waals surface area contributed by atoms with Gasteiger partial charge in [-0.05, 0) is 43.7 Å². The van der Waals surface area contributed by atoms with Gasteiger partial charge in [-0.25, -0.2) is 0 Å². The first kappa shape index (κ1) is 17.4. The summed E-state index contributed by atoms with van der Waals surface area (Å²) >= 11 is 18.3. The van der Waals surface area contributed by atoms with E-state index in [9.17, 15) is 5.11 Å². The van der Waals surface area contributed by atoms with Crippen LogP contribution in [0.4, 0.5) is 0 Å². The molecule has 1 saturated carbocycles. The Labute approximate surface area is 141 Å². The number of rotatable bonds is 5. The van der Waals surface area contributed by atoms with Crippen LogP contribution in [0.3, 0.4) is 0 Å². The van der Waals surface area contributed by atoms with E-state index >= 15 is 0 Å². The second kappa shape index (κ2) is 7.52. The molecular weight excluding hydrogens is 329 g/mol. The van der Waals surface area contributed by atoms with Crippen LogP contribution >= 0.6 is 34.8 Å². The highest BCUT2D eigenvalue weighted by Gasteiger charge is 2.32. The molecule has 1 aromatic carbocycles. The highest BCUT2D eigenvalue weighted by atomic mass is 35.5. The van der Waals surface area contributed by atoms with Gasteiger partial charge < -0.3 is 10.4 Å². The molecule has 0 radical (unpaired) electrons. The van der Waals surface area contributed by atoms with Crippen LogP contribution in [0.1, 0.15) is 44.6 Å². The highest BCUT2D eigenvalue weighted by Crippen LogP contribution is 2.34. The number of hydrogen-bond acceptors (Lipinski definition) is 2. The first-order chi connectivity index (χ1) is 9.95. The molecule has 1 aromatic rings. The minimum Gasteiger partial charge on any atom is -0.389 e. The van der Waals surface area contributed by atoms with Gasteiger partial charge in [0.15, 0.2) is 0 Å². The fourth-order valence-electron chi connectivity index (χ4n) is 2.95. The summed E-state index contributed by atoms with van der Waals surface area (Å²) in [6.07, 6.45) is 5.13. The van der Waals surface area contributed by atoms with Crippen molar-refractivity contribution in [2.24, 2.45) is 5.92 Å². The quantitative estimate of drug-likeness (QED) is 0.727. The normalized spacial score (nSPS) is 26.0. The molecule has 1 aliphatic carbocycles. The molecule has 21 heavy (non-hydrogen) atoms. The average molecular weight is 351 g/mol. The van der Waals surface area contributed by atoms with E-state index < -0.39 is 5.60 Å². The highest BCUT2D eigenvalue weighted by molar-refractivity contribution is 6.44. The van der Waals surface area contributed by atoms with Gasteiger partial charge in [-0.15, -0.1) is 0 Å². The zero-order valence-corrected chi connectivity index (χ0v) is 14.5. The Hall–Kier alpha value is 0.01000. The molecular formula is C16H22Cl3NO. The third-order valence-electron chi connectivity index (χ3n) is 4.51.